The van der Waals surface area contributed by atoms with Gasteiger partial charge in [-0.3, -0.25) is 0 Å². The van der Waals surface area contributed by atoms with Crippen molar-refractivity contribution in [1.82, 2.24) is 4.98 Å². The van der Waals surface area contributed by atoms with E-state index in [0.29, 0.717) is 4.47 Å². The molecule has 0 bridgehead atoms. The third-order valence-corrected chi connectivity index (χ3v) is 2.47. The van der Waals surface area contributed by atoms with Gasteiger partial charge in [0, 0.05) is 4.47 Å². The molecular formula is C8H6BrCl2NO2. The van der Waals surface area contributed by atoms with Crippen molar-refractivity contribution in [3.05, 3.63) is 26.4 Å². The van der Waals surface area contributed by atoms with Gasteiger partial charge < -0.3 is 4.74 Å². The second kappa shape index (κ2) is 4.96. The number of carbonyl (C=O) groups excluding carboxylic acids is 1. The molecule has 0 N–H and O–H groups in total. The molecule has 0 amide bonds. The van der Waals surface area contributed by atoms with Crippen LogP contribution < -0.4 is 0 Å². The van der Waals surface area contributed by atoms with Crippen LogP contribution in [-0.2, 0) is 4.74 Å². The molecule has 6 heteroatoms. The van der Waals surface area contributed by atoms with Crippen LogP contribution in [0.5, 0.6) is 0 Å². The number of carbonyl (C=O) groups is 1. The topological polar surface area (TPSA) is 39.2 Å². The van der Waals surface area contributed by atoms with E-state index in [1.807, 2.05) is 0 Å². The number of esters is 1. The fourth-order valence-corrected chi connectivity index (χ4v) is 2.16. The van der Waals surface area contributed by atoms with Crippen molar-refractivity contribution >= 4 is 45.1 Å². The summed E-state index contributed by atoms with van der Waals surface area (Å²) in [6.45, 7) is 1.99. The number of rotatable bonds is 2. The van der Waals surface area contributed by atoms with Gasteiger partial charge in [-0.15, -0.1) is 0 Å². The van der Waals surface area contributed by atoms with E-state index in [0.717, 1.165) is 0 Å². The standard InChI is InChI=1S/C8H6BrCl2NO2/c1-2-14-8(13)6-4(9)3-5(10)12-7(6)11/h3H,2H2,1H3. The Hall–Kier alpha value is -0.320. The van der Waals surface area contributed by atoms with Crippen LogP contribution in [0, 0.1) is 0 Å². The Bertz CT molecular complexity index is 347. The van der Waals surface area contributed by atoms with E-state index in [2.05, 4.69) is 20.9 Å². The molecule has 1 heterocycles. The lowest BCUT2D eigenvalue weighted by atomic mass is 10.3. The lowest BCUT2D eigenvalue weighted by Crippen LogP contribution is -2.07. The number of hydrogen-bond acceptors (Lipinski definition) is 3. The average molecular weight is 299 g/mol. The Labute approximate surface area is 99.5 Å². The third-order valence-electron chi connectivity index (χ3n) is 1.38. The lowest BCUT2D eigenvalue weighted by Gasteiger charge is -2.05. The van der Waals surface area contributed by atoms with Gasteiger partial charge in [0.1, 0.15) is 15.9 Å². The van der Waals surface area contributed by atoms with E-state index in [9.17, 15) is 4.79 Å². The third kappa shape index (κ3) is 2.59. The molecule has 1 rings (SSSR count). The highest BCUT2D eigenvalue weighted by atomic mass is 79.9. The summed E-state index contributed by atoms with van der Waals surface area (Å²) in [5, 5.41) is 0.248. The summed E-state index contributed by atoms with van der Waals surface area (Å²) >= 11 is 14.5. The van der Waals surface area contributed by atoms with Gasteiger partial charge in [-0.05, 0) is 28.9 Å². The minimum absolute atomic E-state index is 0.0304. The summed E-state index contributed by atoms with van der Waals surface area (Å²) in [4.78, 5) is 15.1. The summed E-state index contributed by atoms with van der Waals surface area (Å²) < 4.78 is 5.27. The molecule has 0 aromatic carbocycles. The molecule has 3 nitrogen and oxygen atoms in total. The van der Waals surface area contributed by atoms with Crippen LogP contribution in [0.15, 0.2) is 10.5 Å². The lowest BCUT2D eigenvalue weighted by molar-refractivity contribution is 0.0525. The summed E-state index contributed by atoms with van der Waals surface area (Å²) in [6, 6.07) is 1.49. The van der Waals surface area contributed by atoms with Crippen LogP contribution in [0.4, 0.5) is 0 Å². The van der Waals surface area contributed by atoms with Gasteiger partial charge in [-0.2, -0.15) is 0 Å². The average Bonchev–Trinajstić information content (AvgIpc) is 2.01. The van der Waals surface area contributed by atoms with Crippen molar-refractivity contribution in [2.45, 2.75) is 6.92 Å². The monoisotopic (exact) mass is 297 g/mol. The number of aromatic nitrogens is 1. The van der Waals surface area contributed by atoms with Gasteiger partial charge in [0.2, 0.25) is 0 Å². The van der Waals surface area contributed by atoms with Crippen LogP contribution >= 0.6 is 39.1 Å². The highest BCUT2D eigenvalue weighted by molar-refractivity contribution is 9.10. The maximum absolute atomic E-state index is 11.4. The number of hydrogen-bond donors (Lipinski definition) is 0. The predicted molar refractivity (Wildman–Crippen MR) is 57.9 cm³/mol. The minimum Gasteiger partial charge on any atom is -0.462 e. The van der Waals surface area contributed by atoms with Crippen LogP contribution in [0.3, 0.4) is 0 Å². The maximum Gasteiger partial charge on any atom is 0.342 e. The van der Waals surface area contributed by atoms with Gasteiger partial charge in [-0.25, -0.2) is 9.78 Å². The summed E-state index contributed by atoms with van der Waals surface area (Å²) in [7, 11) is 0. The summed E-state index contributed by atoms with van der Waals surface area (Å²) in [5.41, 5.74) is 0.193. The van der Waals surface area contributed by atoms with E-state index in [1.54, 1.807) is 6.92 Å². The van der Waals surface area contributed by atoms with Gasteiger partial charge in [0.05, 0.1) is 6.61 Å². The molecule has 76 valence electrons. The molecule has 0 saturated carbocycles. The van der Waals surface area contributed by atoms with Crippen molar-refractivity contribution in [3.63, 3.8) is 0 Å². The van der Waals surface area contributed by atoms with E-state index < -0.39 is 5.97 Å². The molecule has 1 aromatic rings. The molecule has 0 aliphatic heterocycles. The predicted octanol–water partition coefficient (Wildman–Crippen LogP) is 3.33. The zero-order valence-electron chi connectivity index (χ0n) is 7.18. The Balaban J connectivity index is 3.14. The molecule has 0 fully saturated rings. The van der Waals surface area contributed by atoms with Crippen molar-refractivity contribution in [2.24, 2.45) is 0 Å². The van der Waals surface area contributed by atoms with Crippen molar-refractivity contribution in [3.8, 4) is 0 Å². The quantitative estimate of drug-likeness (QED) is 0.621. The highest BCUT2D eigenvalue weighted by Gasteiger charge is 2.17. The van der Waals surface area contributed by atoms with Crippen LogP contribution in [-0.4, -0.2) is 17.6 Å². The normalized spacial score (nSPS) is 10.0. The van der Waals surface area contributed by atoms with Gasteiger partial charge in [-0.1, -0.05) is 23.2 Å². The Morgan fingerprint density at radius 1 is 1.64 bits per heavy atom. The number of halogens is 3. The molecular weight excluding hydrogens is 293 g/mol. The molecule has 1 aromatic heterocycles. The zero-order chi connectivity index (χ0) is 10.7. The minimum atomic E-state index is -0.520. The first kappa shape index (κ1) is 11.8. The Morgan fingerprint density at radius 3 is 2.79 bits per heavy atom. The van der Waals surface area contributed by atoms with Gasteiger partial charge in [0.25, 0.3) is 0 Å². The zero-order valence-corrected chi connectivity index (χ0v) is 10.3. The summed E-state index contributed by atoms with van der Waals surface area (Å²) in [5.74, 6) is -0.520. The second-order valence-corrected chi connectivity index (χ2v) is 3.91. The number of ether oxygens (including phenoxy) is 1. The molecule has 0 radical (unpaired) electrons. The van der Waals surface area contributed by atoms with Crippen LogP contribution in [0.25, 0.3) is 0 Å². The van der Waals surface area contributed by atoms with E-state index in [4.69, 9.17) is 27.9 Å². The van der Waals surface area contributed by atoms with Crippen molar-refractivity contribution in [1.29, 1.82) is 0 Å². The molecule has 0 aliphatic rings. The largest absolute Gasteiger partial charge is 0.462 e. The van der Waals surface area contributed by atoms with E-state index >= 15 is 0 Å². The van der Waals surface area contributed by atoms with Gasteiger partial charge >= 0.3 is 5.97 Å². The highest BCUT2D eigenvalue weighted by Crippen LogP contribution is 2.26. The molecule has 0 saturated heterocycles. The van der Waals surface area contributed by atoms with Crippen molar-refractivity contribution in [2.75, 3.05) is 6.61 Å². The molecule has 0 atom stereocenters. The van der Waals surface area contributed by atoms with E-state index in [-0.39, 0.29) is 22.5 Å². The Morgan fingerprint density at radius 2 is 2.29 bits per heavy atom. The second-order valence-electron chi connectivity index (χ2n) is 2.31. The molecule has 14 heavy (non-hydrogen) atoms. The molecule has 0 unspecified atom stereocenters. The Kier molecular flexibility index (Phi) is 4.16. The van der Waals surface area contributed by atoms with E-state index in [1.165, 1.54) is 6.07 Å². The fraction of sp³-hybridized carbons (Fsp3) is 0.250. The first-order valence-electron chi connectivity index (χ1n) is 3.75. The van der Waals surface area contributed by atoms with Crippen molar-refractivity contribution < 1.29 is 9.53 Å². The number of pyridine rings is 1. The number of nitrogens with zero attached hydrogens (tertiary/aromatic N) is 1. The first-order chi connectivity index (χ1) is 6.56. The first-order valence-corrected chi connectivity index (χ1v) is 5.29. The summed E-state index contributed by atoms with van der Waals surface area (Å²) in [6.07, 6.45) is 0. The van der Waals surface area contributed by atoms with Crippen LogP contribution in [0.2, 0.25) is 10.3 Å². The van der Waals surface area contributed by atoms with Crippen LogP contribution in [0.1, 0.15) is 17.3 Å². The smallest absolute Gasteiger partial charge is 0.342 e. The molecule has 0 spiro atoms. The molecule has 0 aliphatic carbocycles. The SMILES string of the molecule is CCOC(=O)c1c(Br)cc(Cl)nc1Cl. The maximum atomic E-state index is 11.4. The van der Waals surface area contributed by atoms with Gasteiger partial charge in [0.15, 0.2) is 0 Å². The fourth-order valence-electron chi connectivity index (χ4n) is 0.842.